The maximum atomic E-state index is 5.98. The van der Waals surface area contributed by atoms with Gasteiger partial charge in [0.15, 0.2) is 5.75 Å². The summed E-state index contributed by atoms with van der Waals surface area (Å²) in [5, 5.41) is 4.25. The van der Waals surface area contributed by atoms with Gasteiger partial charge in [-0.05, 0) is 37.8 Å². The lowest BCUT2D eigenvalue weighted by Gasteiger charge is -2.11. The molecule has 2 heterocycles. The number of aromatic nitrogens is 3. The van der Waals surface area contributed by atoms with Crippen molar-refractivity contribution in [3.63, 3.8) is 0 Å². The van der Waals surface area contributed by atoms with E-state index in [1.165, 1.54) is 0 Å². The van der Waals surface area contributed by atoms with Crippen LogP contribution in [0.2, 0.25) is 0 Å². The summed E-state index contributed by atoms with van der Waals surface area (Å²) in [6, 6.07) is 2.28. The van der Waals surface area contributed by atoms with Gasteiger partial charge in [-0.1, -0.05) is 13.8 Å². The molecule has 2 aromatic heterocycles. The van der Waals surface area contributed by atoms with Crippen LogP contribution >= 0.6 is 0 Å². The molecule has 1 atom stereocenters. The molecule has 5 nitrogen and oxygen atoms in total. The molecule has 2 N–H and O–H groups in total. The molecular formula is C16H24N4O. The van der Waals surface area contributed by atoms with Crippen LogP contribution in [0.25, 0.3) is 0 Å². The highest BCUT2D eigenvalue weighted by atomic mass is 16.5. The van der Waals surface area contributed by atoms with Gasteiger partial charge in [-0.2, -0.15) is 5.10 Å². The Morgan fingerprint density at radius 1 is 1.33 bits per heavy atom. The molecule has 1 unspecified atom stereocenters. The van der Waals surface area contributed by atoms with E-state index in [0.29, 0.717) is 5.88 Å². The summed E-state index contributed by atoms with van der Waals surface area (Å²) in [6.07, 6.45) is 8.31. The van der Waals surface area contributed by atoms with Crippen LogP contribution in [0.15, 0.2) is 24.7 Å². The first-order valence-corrected chi connectivity index (χ1v) is 7.53. The van der Waals surface area contributed by atoms with E-state index in [1.54, 1.807) is 6.20 Å². The van der Waals surface area contributed by atoms with Crippen molar-refractivity contribution < 1.29 is 4.74 Å². The molecule has 0 aliphatic rings. The molecular weight excluding hydrogens is 264 g/mol. The largest absolute Gasteiger partial charge is 0.435 e. The number of nitrogens with zero attached hydrogens (tertiary/aromatic N) is 3. The van der Waals surface area contributed by atoms with Crippen LogP contribution in [-0.4, -0.2) is 20.8 Å². The summed E-state index contributed by atoms with van der Waals surface area (Å²) >= 11 is 0. The Balaban J connectivity index is 2.06. The zero-order chi connectivity index (χ0) is 15.2. The minimum absolute atomic E-state index is 0.185. The minimum atomic E-state index is 0.185. The van der Waals surface area contributed by atoms with Gasteiger partial charge in [0.1, 0.15) is 0 Å². The highest BCUT2D eigenvalue weighted by molar-refractivity contribution is 5.32. The molecule has 0 saturated heterocycles. The van der Waals surface area contributed by atoms with Crippen LogP contribution < -0.4 is 10.5 Å². The first kappa shape index (κ1) is 15.5. The van der Waals surface area contributed by atoms with Gasteiger partial charge in [0.2, 0.25) is 5.88 Å². The zero-order valence-electron chi connectivity index (χ0n) is 13.0. The van der Waals surface area contributed by atoms with E-state index in [1.807, 2.05) is 24.0 Å². The predicted octanol–water partition coefficient (Wildman–Crippen LogP) is 3.07. The summed E-state index contributed by atoms with van der Waals surface area (Å²) in [5.41, 5.74) is 8.14. The third-order valence-corrected chi connectivity index (χ3v) is 3.39. The lowest BCUT2D eigenvalue weighted by Crippen LogP contribution is -2.21. The summed E-state index contributed by atoms with van der Waals surface area (Å²) in [5.74, 6) is 1.34. The summed E-state index contributed by atoms with van der Waals surface area (Å²) in [7, 11) is 0. The number of hydrogen-bond acceptors (Lipinski definition) is 4. The van der Waals surface area contributed by atoms with Gasteiger partial charge in [-0.3, -0.25) is 4.68 Å². The van der Waals surface area contributed by atoms with Gasteiger partial charge < -0.3 is 10.5 Å². The van der Waals surface area contributed by atoms with Gasteiger partial charge >= 0.3 is 0 Å². The summed E-state index contributed by atoms with van der Waals surface area (Å²) in [4.78, 5) is 4.40. The third-order valence-electron chi connectivity index (χ3n) is 3.39. The number of rotatable bonds is 7. The van der Waals surface area contributed by atoms with Crippen LogP contribution in [0.3, 0.4) is 0 Å². The third kappa shape index (κ3) is 4.29. The number of nitrogens with two attached hydrogens (primary N) is 1. The number of pyridine rings is 1. The molecule has 2 rings (SSSR count). The quantitative estimate of drug-likeness (QED) is 0.850. The van der Waals surface area contributed by atoms with Crippen LogP contribution in [0.5, 0.6) is 11.6 Å². The van der Waals surface area contributed by atoms with Gasteiger partial charge in [-0.25, -0.2) is 4.98 Å². The monoisotopic (exact) mass is 288 g/mol. The fourth-order valence-corrected chi connectivity index (χ4v) is 2.15. The highest BCUT2D eigenvalue weighted by Gasteiger charge is 2.08. The van der Waals surface area contributed by atoms with Crippen LogP contribution in [0.1, 0.15) is 37.8 Å². The average molecular weight is 288 g/mol. The second kappa shape index (κ2) is 7.22. The fourth-order valence-electron chi connectivity index (χ4n) is 2.15. The molecule has 0 aromatic carbocycles. The zero-order valence-corrected chi connectivity index (χ0v) is 13.0. The highest BCUT2D eigenvalue weighted by Crippen LogP contribution is 2.23. The Morgan fingerprint density at radius 3 is 2.81 bits per heavy atom. The van der Waals surface area contributed by atoms with Crippen molar-refractivity contribution in [2.45, 2.75) is 52.6 Å². The van der Waals surface area contributed by atoms with Crippen LogP contribution in [0, 0.1) is 6.92 Å². The van der Waals surface area contributed by atoms with Crippen molar-refractivity contribution in [3.8, 4) is 11.6 Å². The maximum absolute atomic E-state index is 5.98. The number of ether oxygens (including phenoxy) is 1. The second-order valence-electron chi connectivity index (χ2n) is 5.38. The van der Waals surface area contributed by atoms with E-state index in [-0.39, 0.29) is 6.04 Å². The Bertz CT molecular complexity index is 579. The Hall–Kier alpha value is -1.88. The smallest absolute Gasteiger partial charge is 0.222 e. The van der Waals surface area contributed by atoms with Crippen LogP contribution in [0.4, 0.5) is 0 Å². The molecule has 0 bridgehead atoms. The van der Waals surface area contributed by atoms with E-state index in [9.17, 15) is 0 Å². The Kier molecular flexibility index (Phi) is 5.33. The molecule has 2 aromatic rings. The van der Waals surface area contributed by atoms with E-state index < -0.39 is 0 Å². The van der Waals surface area contributed by atoms with E-state index in [4.69, 9.17) is 10.5 Å². The van der Waals surface area contributed by atoms with Crippen molar-refractivity contribution in [2.75, 3.05) is 0 Å². The summed E-state index contributed by atoms with van der Waals surface area (Å²) in [6.45, 7) is 7.10. The Morgan fingerprint density at radius 2 is 2.14 bits per heavy atom. The SMILES string of the molecule is CCCn1cc(Oc2ncc(CC(N)CC)cc2C)cn1. The fraction of sp³-hybridized carbons (Fsp3) is 0.500. The lowest BCUT2D eigenvalue weighted by atomic mass is 10.1. The normalized spacial score (nSPS) is 12.4. The van der Waals surface area contributed by atoms with Crippen molar-refractivity contribution in [1.29, 1.82) is 0 Å². The number of hydrogen-bond donors (Lipinski definition) is 1. The van der Waals surface area contributed by atoms with Gasteiger partial charge in [-0.15, -0.1) is 0 Å². The molecule has 5 heteroatoms. The van der Waals surface area contributed by atoms with Crippen LogP contribution in [-0.2, 0) is 13.0 Å². The molecule has 0 aliphatic heterocycles. The standard InChI is InChI=1S/C16H24N4O/c1-4-6-20-11-15(10-19-20)21-16-12(3)7-13(9-18-16)8-14(17)5-2/h7,9-11,14H,4-6,8,17H2,1-3H3. The molecule has 0 fully saturated rings. The molecule has 0 spiro atoms. The van der Waals surface area contributed by atoms with Gasteiger partial charge in [0.25, 0.3) is 0 Å². The molecule has 0 amide bonds. The van der Waals surface area contributed by atoms with E-state index in [0.717, 1.165) is 42.7 Å². The molecule has 114 valence electrons. The first-order chi connectivity index (χ1) is 10.1. The topological polar surface area (TPSA) is 66.0 Å². The maximum Gasteiger partial charge on any atom is 0.222 e. The molecule has 0 radical (unpaired) electrons. The molecule has 0 aliphatic carbocycles. The average Bonchev–Trinajstić information content (AvgIpc) is 2.89. The van der Waals surface area contributed by atoms with E-state index >= 15 is 0 Å². The van der Waals surface area contributed by atoms with Gasteiger partial charge in [0.05, 0.1) is 12.4 Å². The van der Waals surface area contributed by atoms with Crippen molar-refractivity contribution >= 4 is 0 Å². The molecule has 0 saturated carbocycles. The Labute approximate surface area is 126 Å². The van der Waals surface area contributed by atoms with Gasteiger partial charge in [0, 0.05) is 24.3 Å². The molecule has 21 heavy (non-hydrogen) atoms. The minimum Gasteiger partial charge on any atom is -0.435 e. The van der Waals surface area contributed by atoms with Crippen molar-refractivity contribution in [3.05, 3.63) is 35.8 Å². The predicted molar refractivity (Wildman–Crippen MR) is 83.5 cm³/mol. The lowest BCUT2D eigenvalue weighted by molar-refractivity contribution is 0.456. The van der Waals surface area contributed by atoms with E-state index in [2.05, 4.69) is 30.0 Å². The van der Waals surface area contributed by atoms with Crippen molar-refractivity contribution in [1.82, 2.24) is 14.8 Å². The second-order valence-corrected chi connectivity index (χ2v) is 5.38. The van der Waals surface area contributed by atoms with Crippen molar-refractivity contribution in [2.24, 2.45) is 5.73 Å². The first-order valence-electron chi connectivity index (χ1n) is 7.53. The number of aryl methyl sites for hydroxylation is 2. The summed E-state index contributed by atoms with van der Waals surface area (Å²) < 4.78 is 7.67.